The van der Waals surface area contributed by atoms with E-state index in [9.17, 15) is 23.5 Å². The molecule has 0 aliphatic heterocycles. The number of aliphatic carboxylic acids is 1. The van der Waals surface area contributed by atoms with Crippen LogP contribution in [0.4, 0.5) is 14.5 Å². The molecule has 2 N–H and O–H groups in total. The van der Waals surface area contributed by atoms with Gasteiger partial charge in [0.05, 0.1) is 36.7 Å². The van der Waals surface area contributed by atoms with Gasteiger partial charge in [-0.2, -0.15) is 0 Å². The van der Waals surface area contributed by atoms with Crippen molar-refractivity contribution in [3.8, 4) is 16.9 Å². The van der Waals surface area contributed by atoms with Gasteiger partial charge in [-0.15, -0.1) is 0 Å². The largest absolute Gasteiger partial charge is 0.493 e. The molecule has 8 heteroatoms. The second-order valence-corrected chi connectivity index (χ2v) is 9.16. The molecule has 1 amide bonds. The highest BCUT2D eigenvalue weighted by Crippen LogP contribution is 2.40. The Bertz CT molecular complexity index is 1070. The summed E-state index contributed by atoms with van der Waals surface area (Å²) < 4.78 is 39.6. The number of halogens is 2. The first-order chi connectivity index (χ1) is 16.9. The fraction of sp³-hybridized carbons (Fsp3) is 0.481. The number of anilines is 1. The quantitative estimate of drug-likeness (QED) is 0.417. The number of hydrogen-bond acceptors (Lipinski definition) is 4. The molecule has 2 aromatic carbocycles. The van der Waals surface area contributed by atoms with Crippen molar-refractivity contribution in [3.63, 3.8) is 0 Å². The van der Waals surface area contributed by atoms with E-state index >= 15 is 0 Å². The Balaban J connectivity index is 1.65. The molecule has 2 atom stereocenters. The van der Waals surface area contributed by atoms with Gasteiger partial charge in [0.25, 0.3) is 6.43 Å². The maximum Gasteiger partial charge on any atom is 0.307 e. The van der Waals surface area contributed by atoms with E-state index in [4.69, 9.17) is 9.47 Å². The van der Waals surface area contributed by atoms with Gasteiger partial charge < -0.3 is 19.9 Å². The molecule has 35 heavy (non-hydrogen) atoms. The number of rotatable bonds is 10. The highest BCUT2D eigenvalue weighted by Gasteiger charge is 2.36. The lowest BCUT2D eigenvalue weighted by molar-refractivity contribution is -0.147. The molecular formula is C27H31F2NO5. The minimum atomic E-state index is -2.73. The molecule has 4 rings (SSSR count). The van der Waals surface area contributed by atoms with Crippen LogP contribution in [-0.2, 0) is 20.9 Å². The SMILES string of the molecule is CCOc1cccc(-c2ccc(NC(=O)[C@@H]3CCCC[C@H]3C(=O)O)cc2COC2CC2)c1C(F)F. The molecule has 0 unspecified atom stereocenters. The van der Waals surface area contributed by atoms with Crippen molar-refractivity contribution in [2.45, 2.75) is 64.6 Å². The fourth-order valence-electron chi connectivity index (χ4n) is 4.76. The molecule has 0 aromatic heterocycles. The van der Waals surface area contributed by atoms with E-state index < -0.39 is 24.2 Å². The van der Waals surface area contributed by atoms with Crippen molar-refractivity contribution in [2.24, 2.45) is 11.8 Å². The first-order valence-electron chi connectivity index (χ1n) is 12.2. The highest BCUT2D eigenvalue weighted by atomic mass is 19.3. The van der Waals surface area contributed by atoms with Crippen molar-refractivity contribution in [1.29, 1.82) is 0 Å². The Morgan fingerprint density at radius 2 is 1.80 bits per heavy atom. The summed E-state index contributed by atoms with van der Waals surface area (Å²) in [6, 6.07) is 9.95. The molecule has 0 saturated heterocycles. The van der Waals surface area contributed by atoms with Gasteiger partial charge in [-0.1, -0.05) is 31.0 Å². The molecule has 2 aliphatic rings. The number of ether oxygens (including phenoxy) is 2. The number of carbonyl (C=O) groups excluding carboxylic acids is 1. The van der Waals surface area contributed by atoms with Crippen molar-refractivity contribution >= 4 is 17.6 Å². The van der Waals surface area contributed by atoms with Crippen LogP contribution >= 0.6 is 0 Å². The third-order valence-electron chi connectivity index (χ3n) is 6.67. The monoisotopic (exact) mass is 487 g/mol. The number of benzene rings is 2. The summed E-state index contributed by atoms with van der Waals surface area (Å²) in [6.07, 6.45) is 1.98. The van der Waals surface area contributed by atoms with E-state index in [1.165, 1.54) is 6.07 Å². The van der Waals surface area contributed by atoms with Crippen LogP contribution in [-0.4, -0.2) is 29.7 Å². The van der Waals surface area contributed by atoms with Crippen LogP contribution in [0.15, 0.2) is 36.4 Å². The first-order valence-corrected chi connectivity index (χ1v) is 12.2. The summed E-state index contributed by atoms with van der Waals surface area (Å²) in [7, 11) is 0. The second-order valence-electron chi connectivity index (χ2n) is 9.16. The number of hydrogen-bond donors (Lipinski definition) is 2. The zero-order valence-electron chi connectivity index (χ0n) is 19.8. The Morgan fingerprint density at radius 3 is 2.46 bits per heavy atom. The van der Waals surface area contributed by atoms with Gasteiger partial charge in [0.15, 0.2) is 0 Å². The molecule has 2 aromatic rings. The third kappa shape index (κ3) is 5.99. The average Bonchev–Trinajstić information content (AvgIpc) is 3.67. The average molecular weight is 488 g/mol. The molecule has 0 heterocycles. The Labute approximate surface area is 203 Å². The summed E-state index contributed by atoms with van der Waals surface area (Å²) in [5.41, 5.74) is 1.93. The lowest BCUT2D eigenvalue weighted by Crippen LogP contribution is -2.36. The Morgan fingerprint density at radius 1 is 1.06 bits per heavy atom. The maximum absolute atomic E-state index is 14.1. The summed E-state index contributed by atoms with van der Waals surface area (Å²) in [4.78, 5) is 24.6. The van der Waals surface area contributed by atoms with Crippen LogP contribution in [0, 0.1) is 11.8 Å². The van der Waals surface area contributed by atoms with Crippen molar-refractivity contribution < 1.29 is 33.0 Å². The van der Waals surface area contributed by atoms with Gasteiger partial charge >= 0.3 is 5.97 Å². The number of nitrogens with one attached hydrogen (secondary N) is 1. The minimum absolute atomic E-state index is 0.142. The van der Waals surface area contributed by atoms with E-state index in [2.05, 4.69) is 5.32 Å². The standard InChI is InChI=1S/C27H31F2NO5/c1-2-34-23-9-5-8-20(24(23)25(28)29)19-13-10-17(14-16(19)15-35-18-11-12-18)30-26(31)21-6-3-4-7-22(21)27(32)33/h5,8-10,13-14,18,21-22,25H,2-4,6-7,11-12,15H2,1H3,(H,30,31)(H,32,33)/t21-,22-/m1/s1. The number of alkyl halides is 2. The third-order valence-corrected chi connectivity index (χ3v) is 6.67. The number of carboxylic acids is 1. The highest BCUT2D eigenvalue weighted by molar-refractivity contribution is 5.95. The topological polar surface area (TPSA) is 84.9 Å². The predicted octanol–water partition coefficient (Wildman–Crippen LogP) is 6.20. The zero-order valence-corrected chi connectivity index (χ0v) is 19.8. The van der Waals surface area contributed by atoms with Crippen molar-refractivity contribution in [2.75, 3.05) is 11.9 Å². The number of amides is 1. The van der Waals surface area contributed by atoms with Crippen LogP contribution in [0.3, 0.4) is 0 Å². The van der Waals surface area contributed by atoms with Crippen molar-refractivity contribution in [3.05, 3.63) is 47.5 Å². The van der Waals surface area contributed by atoms with E-state index in [1.54, 1.807) is 37.3 Å². The summed E-state index contributed by atoms with van der Waals surface area (Å²) in [6.45, 7) is 2.23. The predicted molar refractivity (Wildman–Crippen MR) is 128 cm³/mol. The van der Waals surface area contributed by atoms with Gasteiger partial charge in [0, 0.05) is 5.69 Å². The molecule has 0 spiro atoms. The van der Waals surface area contributed by atoms with Crippen LogP contribution < -0.4 is 10.1 Å². The molecule has 6 nitrogen and oxygen atoms in total. The van der Waals surface area contributed by atoms with Crippen LogP contribution in [0.25, 0.3) is 11.1 Å². The van der Waals surface area contributed by atoms with Gasteiger partial charge in [-0.3, -0.25) is 9.59 Å². The van der Waals surface area contributed by atoms with Crippen LogP contribution in [0.5, 0.6) is 5.75 Å². The van der Waals surface area contributed by atoms with Crippen LogP contribution in [0.2, 0.25) is 0 Å². The number of carboxylic acid groups (broad SMARTS) is 1. The number of carbonyl (C=O) groups is 2. The summed E-state index contributed by atoms with van der Waals surface area (Å²) >= 11 is 0. The molecular weight excluding hydrogens is 456 g/mol. The lowest BCUT2D eigenvalue weighted by atomic mass is 9.78. The fourth-order valence-corrected chi connectivity index (χ4v) is 4.76. The molecule has 2 aliphatic carbocycles. The first kappa shape index (κ1) is 25.1. The van der Waals surface area contributed by atoms with Crippen LogP contribution in [0.1, 0.15) is 63.0 Å². The molecule has 2 saturated carbocycles. The maximum atomic E-state index is 14.1. The second kappa shape index (κ2) is 11.2. The van der Waals surface area contributed by atoms with Gasteiger partial charge in [0.2, 0.25) is 5.91 Å². The van der Waals surface area contributed by atoms with Gasteiger partial charge in [-0.25, -0.2) is 8.78 Å². The summed E-state index contributed by atoms with van der Waals surface area (Å²) in [5.74, 6) is -2.43. The molecule has 2 fully saturated rings. The van der Waals surface area contributed by atoms with E-state index in [0.29, 0.717) is 35.2 Å². The summed E-state index contributed by atoms with van der Waals surface area (Å²) in [5, 5.41) is 12.4. The molecule has 0 radical (unpaired) electrons. The Hall–Kier alpha value is -3.00. The Kier molecular flexibility index (Phi) is 8.00. The molecule has 188 valence electrons. The lowest BCUT2D eigenvalue weighted by Gasteiger charge is -2.27. The normalized spacial score (nSPS) is 20.0. The minimum Gasteiger partial charge on any atom is -0.493 e. The molecule has 0 bridgehead atoms. The smallest absolute Gasteiger partial charge is 0.307 e. The van der Waals surface area contributed by atoms with E-state index in [1.807, 2.05) is 0 Å². The van der Waals surface area contributed by atoms with E-state index in [-0.39, 0.29) is 36.5 Å². The van der Waals surface area contributed by atoms with E-state index in [0.717, 1.165) is 25.7 Å². The zero-order chi connectivity index (χ0) is 24.9. The van der Waals surface area contributed by atoms with Gasteiger partial charge in [-0.05, 0) is 67.5 Å². The van der Waals surface area contributed by atoms with Gasteiger partial charge in [0.1, 0.15) is 5.75 Å². The van der Waals surface area contributed by atoms with Crippen molar-refractivity contribution in [1.82, 2.24) is 0 Å².